The molecule has 1 aliphatic rings. The first kappa shape index (κ1) is 9.13. The van der Waals surface area contributed by atoms with Crippen molar-refractivity contribution >= 4 is 11.3 Å². The summed E-state index contributed by atoms with van der Waals surface area (Å²) in [6.07, 6.45) is 1.16. The molecule has 2 heteroatoms. The van der Waals surface area contributed by atoms with Crippen LogP contribution in [0, 0.1) is 0 Å². The van der Waals surface area contributed by atoms with Gasteiger partial charge in [-0.25, -0.2) is 0 Å². The fourth-order valence-corrected chi connectivity index (χ4v) is 3.05. The minimum Gasteiger partial charge on any atom is -0.327 e. The Balaban J connectivity index is 1.91. The van der Waals surface area contributed by atoms with E-state index in [1.54, 1.807) is 0 Å². The van der Waals surface area contributed by atoms with Crippen LogP contribution < -0.4 is 5.73 Å². The highest BCUT2D eigenvalue weighted by Crippen LogP contribution is 2.44. The molecule has 1 aromatic heterocycles. The molecular weight excluding hydrogens is 202 g/mol. The van der Waals surface area contributed by atoms with E-state index in [4.69, 9.17) is 5.73 Å². The lowest BCUT2D eigenvalue weighted by atomic mass is 10.2. The second kappa shape index (κ2) is 3.47. The lowest BCUT2D eigenvalue weighted by Crippen LogP contribution is -1.99. The van der Waals surface area contributed by atoms with Gasteiger partial charge in [-0.15, -0.1) is 11.3 Å². The van der Waals surface area contributed by atoms with Crippen LogP contribution in [0.2, 0.25) is 0 Å². The average Bonchev–Trinajstić information content (AvgIpc) is 2.83. The van der Waals surface area contributed by atoms with Crippen LogP contribution in [0.15, 0.2) is 42.5 Å². The summed E-state index contributed by atoms with van der Waals surface area (Å²) in [7, 11) is 0. The van der Waals surface area contributed by atoms with Crippen molar-refractivity contribution in [3.05, 3.63) is 47.3 Å². The molecule has 1 fully saturated rings. The Hall–Kier alpha value is -1.12. The van der Waals surface area contributed by atoms with Crippen molar-refractivity contribution in [2.75, 3.05) is 0 Å². The van der Waals surface area contributed by atoms with Gasteiger partial charge in [-0.3, -0.25) is 0 Å². The first-order chi connectivity index (χ1) is 7.34. The van der Waals surface area contributed by atoms with E-state index in [0.29, 0.717) is 12.0 Å². The summed E-state index contributed by atoms with van der Waals surface area (Å²) in [5.41, 5.74) is 7.16. The molecule has 0 saturated heterocycles. The number of thiophene rings is 1. The van der Waals surface area contributed by atoms with Gasteiger partial charge in [0.2, 0.25) is 0 Å². The molecule has 0 spiro atoms. The van der Waals surface area contributed by atoms with Crippen molar-refractivity contribution in [2.24, 2.45) is 5.73 Å². The Bertz CT molecular complexity index is 460. The largest absolute Gasteiger partial charge is 0.327 e. The zero-order chi connectivity index (χ0) is 10.3. The second-order valence-electron chi connectivity index (χ2n) is 4.07. The van der Waals surface area contributed by atoms with Crippen LogP contribution >= 0.6 is 11.3 Å². The second-order valence-corrected chi connectivity index (χ2v) is 5.19. The van der Waals surface area contributed by atoms with Crippen LogP contribution in [0.3, 0.4) is 0 Å². The summed E-state index contributed by atoms with van der Waals surface area (Å²) in [5.74, 6) is 0.632. The predicted octanol–water partition coefficient (Wildman–Crippen LogP) is 3.23. The highest BCUT2D eigenvalue weighted by molar-refractivity contribution is 7.15. The Morgan fingerprint density at radius 1 is 1.07 bits per heavy atom. The van der Waals surface area contributed by atoms with Crippen LogP contribution in [-0.4, -0.2) is 6.04 Å². The van der Waals surface area contributed by atoms with E-state index >= 15 is 0 Å². The van der Waals surface area contributed by atoms with Crippen molar-refractivity contribution in [1.82, 2.24) is 0 Å². The summed E-state index contributed by atoms with van der Waals surface area (Å²) in [4.78, 5) is 2.80. The summed E-state index contributed by atoms with van der Waals surface area (Å²) < 4.78 is 0. The standard InChI is InChI=1S/C13H13NS/c14-11-8-10(11)13-7-6-12(15-13)9-4-2-1-3-5-9/h1-7,10-11H,8,14H2/t10-,11-/m1/s1. The van der Waals surface area contributed by atoms with E-state index in [1.807, 2.05) is 11.3 Å². The van der Waals surface area contributed by atoms with E-state index in [2.05, 4.69) is 42.5 Å². The molecule has 1 saturated carbocycles. The molecule has 1 aromatic carbocycles. The number of rotatable bonds is 2. The molecule has 0 unspecified atom stereocenters. The smallest absolute Gasteiger partial charge is 0.0345 e. The van der Waals surface area contributed by atoms with Gasteiger partial charge in [0, 0.05) is 21.7 Å². The Morgan fingerprint density at radius 2 is 1.80 bits per heavy atom. The first-order valence-corrected chi connectivity index (χ1v) is 6.07. The SMILES string of the molecule is N[C@@H]1C[C@H]1c1ccc(-c2ccccc2)s1. The third-order valence-electron chi connectivity index (χ3n) is 2.89. The minimum absolute atomic E-state index is 0.410. The molecule has 15 heavy (non-hydrogen) atoms. The Kier molecular flexibility index (Phi) is 2.11. The highest BCUT2D eigenvalue weighted by Gasteiger charge is 2.35. The molecule has 1 nitrogen and oxygen atoms in total. The van der Waals surface area contributed by atoms with E-state index in [9.17, 15) is 0 Å². The van der Waals surface area contributed by atoms with E-state index in [1.165, 1.54) is 15.3 Å². The van der Waals surface area contributed by atoms with E-state index in [-0.39, 0.29) is 0 Å². The van der Waals surface area contributed by atoms with E-state index < -0.39 is 0 Å². The van der Waals surface area contributed by atoms with Gasteiger partial charge >= 0.3 is 0 Å². The molecule has 2 N–H and O–H groups in total. The summed E-state index contributed by atoms with van der Waals surface area (Å²) in [6, 6.07) is 15.4. The molecule has 0 amide bonds. The van der Waals surface area contributed by atoms with E-state index in [0.717, 1.165) is 6.42 Å². The molecule has 0 radical (unpaired) electrons. The normalized spacial score (nSPS) is 24.1. The van der Waals surface area contributed by atoms with Crippen molar-refractivity contribution in [1.29, 1.82) is 0 Å². The van der Waals surface area contributed by atoms with Gasteiger partial charge in [0.1, 0.15) is 0 Å². The molecule has 1 heterocycles. The molecule has 1 aliphatic carbocycles. The number of hydrogen-bond donors (Lipinski definition) is 1. The highest BCUT2D eigenvalue weighted by atomic mass is 32.1. The lowest BCUT2D eigenvalue weighted by molar-refractivity contribution is 1.01. The monoisotopic (exact) mass is 215 g/mol. The summed E-state index contributed by atoms with van der Waals surface area (Å²) in [5, 5.41) is 0. The number of benzene rings is 1. The third kappa shape index (κ3) is 1.71. The fraction of sp³-hybridized carbons (Fsp3) is 0.231. The average molecular weight is 215 g/mol. The Morgan fingerprint density at radius 3 is 2.47 bits per heavy atom. The third-order valence-corrected chi connectivity index (χ3v) is 4.16. The molecule has 3 rings (SSSR count). The molecular formula is C13H13NS. The number of hydrogen-bond acceptors (Lipinski definition) is 2. The van der Waals surface area contributed by atoms with Crippen LogP contribution in [-0.2, 0) is 0 Å². The molecule has 2 atom stereocenters. The van der Waals surface area contributed by atoms with Crippen molar-refractivity contribution in [2.45, 2.75) is 18.4 Å². The van der Waals surface area contributed by atoms with Crippen molar-refractivity contribution in [3.8, 4) is 10.4 Å². The molecule has 0 bridgehead atoms. The van der Waals surface area contributed by atoms with Crippen LogP contribution in [0.4, 0.5) is 0 Å². The summed E-state index contributed by atoms with van der Waals surface area (Å²) in [6.45, 7) is 0. The van der Waals surface area contributed by atoms with Gasteiger partial charge in [0.25, 0.3) is 0 Å². The summed E-state index contributed by atoms with van der Waals surface area (Å²) >= 11 is 1.88. The quantitative estimate of drug-likeness (QED) is 0.817. The lowest BCUT2D eigenvalue weighted by Gasteiger charge is -1.95. The van der Waals surface area contributed by atoms with Crippen molar-refractivity contribution < 1.29 is 0 Å². The topological polar surface area (TPSA) is 26.0 Å². The zero-order valence-corrected chi connectivity index (χ0v) is 9.21. The molecule has 2 aromatic rings. The first-order valence-electron chi connectivity index (χ1n) is 5.25. The van der Waals surface area contributed by atoms with Crippen molar-refractivity contribution in [3.63, 3.8) is 0 Å². The van der Waals surface area contributed by atoms with Gasteiger partial charge in [0.15, 0.2) is 0 Å². The maximum absolute atomic E-state index is 5.85. The van der Waals surface area contributed by atoms with Gasteiger partial charge in [-0.05, 0) is 24.1 Å². The fourth-order valence-electron chi connectivity index (χ4n) is 1.85. The van der Waals surface area contributed by atoms with Gasteiger partial charge in [-0.2, -0.15) is 0 Å². The van der Waals surface area contributed by atoms with Gasteiger partial charge in [0.05, 0.1) is 0 Å². The maximum atomic E-state index is 5.85. The predicted molar refractivity (Wildman–Crippen MR) is 65.1 cm³/mol. The van der Waals surface area contributed by atoms with Crippen LogP contribution in [0.1, 0.15) is 17.2 Å². The van der Waals surface area contributed by atoms with Gasteiger partial charge < -0.3 is 5.73 Å². The molecule has 0 aliphatic heterocycles. The zero-order valence-electron chi connectivity index (χ0n) is 8.39. The maximum Gasteiger partial charge on any atom is 0.0345 e. The Labute approximate surface area is 93.6 Å². The number of nitrogens with two attached hydrogens (primary N) is 1. The molecule has 76 valence electrons. The van der Waals surface area contributed by atoms with Gasteiger partial charge in [-0.1, -0.05) is 30.3 Å². The van der Waals surface area contributed by atoms with Crippen LogP contribution in [0.5, 0.6) is 0 Å². The van der Waals surface area contributed by atoms with Crippen LogP contribution in [0.25, 0.3) is 10.4 Å². The minimum atomic E-state index is 0.410.